The fourth-order valence-corrected chi connectivity index (χ4v) is 3.61. The molecule has 1 aliphatic carbocycles. The third-order valence-corrected chi connectivity index (χ3v) is 4.98. The van der Waals surface area contributed by atoms with Crippen molar-refractivity contribution in [2.75, 3.05) is 7.11 Å². The van der Waals surface area contributed by atoms with Gasteiger partial charge in [0, 0.05) is 4.88 Å². The van der Waals surface area contributed by atoms with Crippen LogP contribution in [-0.2, 0) is 27.1 Å². The van der Waals surface area contributed by atoms with Crippen molar-refractivity contribution in [1.82, 2.24) is 5.32 Å². The van der Waals surface area contributed by atoms with Gasteiger partial charge in [-0.1, -0.05) is 12.8 Å². The zero-order chi connectivity index (χ0) is 16.8. The Morgan fingerprint density at radius 3 is 2.57 bits per heavy atom. The standard InChI is InChI=1S/C16H21NO5S/c1-10(14(18)17-16(20)21-2)22-15(19)13-9-11-7-5-3-4-6-8-12(11)23-13/h9-10H,3-8H2,1-2H3,(H,17,18,20)/t10-/m0/s1. The Morgan fingerprint density at radius 1 is 1.17 bits per heavy atom. The summed E-state index contributed by atoms with van der Waals surface area (Å²) in [5.74, 6) is -1.24. The van der Waals surface area contributed by atoms with E-state index in [0.29, 0.717) is 4.88 Å². The van der Waals surface area contributed by atoms with Crippen LogP contribution in [0.15, 0.2) is 6.07 Å². The number of hydrogen-bond acceptors (Lipinski definition) is 6. The van der Waals surface area contributed by atoms with Gasteiger partial charge < -0.3 is 9.47 Å². The first-order valence-corrected chi connectivity index (χ1v) is 8.54. The third kappa shape index (κ3) is 4.79. The molecule has 0 aromatic carbocycles. The van der Waals surface area contributed by atoms with Crippen LogP contribution in [0.25, 0.3) is 0 Å². The van der Waals surface area contributed by atoms with E-state index >= 15 is 0 Å². The number of ether oxygens (including phenoxy) is 2. The lowest BCUT2D eigenvalue weighted by molar-refractivity contribution is -0.128. The minimum Gasteiger partial charge on any atom is -0.453 e. The van der Waals surface area contributed by atoms with E-state index in [1.807, 2.05) is 11.4 Å². The molecule has 0 saturated heterocycles. The van der Waals surface area contributed by atoms with Crippen molar-refractivity contribution in [3.05, 3.63) is 21.4 Å². The minimum atomic E-state index is -1.06. The summed E-state index contributed by atoms with van der Waals surface area (Å²) < 4.78 is 9.47. The summed E-state index contributed by atoms with van der Waals surface area (Å²) in [5.41, 5.74) is 1.22. The van der Waals surface area contributed by atoms with Gasteiger partial charge in [0.25, 0.3) is 5.91 Å². The Hall–Kier alpha value is -1.89. The monoisotopic (exact) mass is 339 g/mol. The molecule has 6 nitrogen and oxygen atoms in total. The lowest BCUT2D eigenvalue weighted by atomic mass is 10.00. The summed E-state index contributed by atoms with van der Waals surface area (Å²) in [5, 5.41) is 1.98. The number of hydrogen-bond donors (Lipinski definition) is 1. The summed E-state index contributed by atoms with van der Waals surface area (Å²) in [6, 6.07) is 1.87. The maximum Gasteiger partial charge on any atom is 0.413 e. The molecule has 1 heterocycles. The molecule has 1 atom stereocenters. The van der Waals surface area contributed by atoms with E-state index in [-0.39, 0.29) is 0 Å². The predicted octanol–water partition coefficient (Wildman–Crippen LogP) is 2.84. The van der Waals surface area contributed by atoms with Crippen molar-refractivity contribution in [3.63, 3.8) is 0 Å². The molecule has 1 N–H and O–H groups in total. The Bertz CT molecular complexity index is 570. The van der Waals surface area contributed by atoms with Gasteiger partial charge in [-0.2, -0.15) is 0 Å². The molecule has 0 unspecified atom stereocenters. The molecule has 1 aliphatic rings. The summed E-state index contributed by atoms with van der Waals surface area (Å²) >= 11 is 1.44. The number of aryl methyl sites for hydroxylation is 2. The fourth-order valence-electron chi connectivity index (χ4n) is 2.47. The van der Waals surface area contributed by atoms with Crippen LogP contribution in [0.2, 0.25) is 0 Å². The number of esters is 1. The van der Waals surface area contributed by atoms with Crippen LogP contribution >= 0.6 is 11.3 Å². The average Bonchev–Trinajstić information content (AvgIpc) is 2.89. The van der Waals surface area contributed by atoms with E-state index in [4.69, 9.17) is 4.74 Å². The lowest BCUT2D eigenvalue weighted by Gasteiger charge is -2.11. The highest BCUT2D eigenvalue weighted by atomic mass is 32.1. The van der Waals surface area contributed by atoms with Crippen molar-refractivity contribution in [2.45, 2.75) is 51.6 Å². The van der Waals surface area contributed by atoms with E-state index in [1.165, 1.54) is 41.5 Å². The highest BCUT2D eigenvalue weighted by Gasteiger charge is 2.23. The molecule has 0 fully saturated rings. The number of carbonyl (C=O) groups excluding carboxylic acids is 3. The maximum absolute atomic E-state index is 12.2. The van der Waals surface area contributed by atoms with Crippen LogP contribution in [0.3, 0.4) is 0 Å². The molecule has 1 aromatic heterocycles. The second-order valence-corrected chi connectivity index (χ2v) is 6.64. The van der Waals surface area contributed by atoms with Gasteiger partial charge in [0.2, 0.25) is 0 Å². The Kier molecular flexibility index (Phi) is 6.15. The minimum absolute atomic E-state index is 0.509. The molecule has 0 radical (unpaired) electrons. The SMILES string of the molecule is COC(=O)NC(=O)[C@H](C)OC(=O)c1cc2c(s1)CCCCCC2. The third-order valence-electron chi connectivity index (χ3n) is 3.76. The predicted molar refractivity (Wildman–Crippen MR) is 85.6 cm³/mol. The lowest BCUT2D eigenvalue weighted by Crippen LogP contribution is -2.39. The fraction of sp³-hybridized carbons (Fsp3) is 0.562. The second-order valence-electron chi connectivity index (χ2n) is 5.50. The van der Waals surface area contributed by atoms with Crippen molar-refractivity contribution in [1.29, 1.82) is 0 Å². The molecular weight excluding hydrogens is 318 g/mol. The van der Waals surface area contributed by atoms with Crippen LogP contribution in [0.1, 0.15) is 52.7 Å². The molecule has 7 heteroatoms. The van der Waals surface area contributed by atoms with Crippen molar-refractivity contribution >= 4 is 29.3 Å². The normalized spacial score (nSPS) is 15.6. The smallest absolute Gasteiger partial charge is 0.413 e. The van der Waals surface area contributed by atoms with Crippen LogP contribution in [0.4, 0.5) is 4.79 Å². The number of fused-ring (bicyclic) bond motifs is 1. The van der Waals surface area contributed by atoms with Crippen molar-refractivity contribution < 1.29 is 23.9 Å². The van der Waals surface area contributed by atoms with Gasteiger partial charge in [0.1, 0.15) is 4.88 Å². The van der Waals surface area contributed by atoms with E-state index in [9.17, 15) is 14.4 Å². The van der Waals surface area contributed by atoms with Crippen molar-refractivity contribution in [2.24, 2.45) is 0 Å². The maximum atomic E-state index is 12.2. The summed E-state index contributed by atoms with van der Waals surface area (Å²) in [6.07, 6.45) is 4.75. The highest BCUT2D eigenvalue weighted by Crippen LogP contribution is 2.29. The number of carbonyl (C=O) groups is 3. The van der Waals surface area contributed by atoms with E-state index in [0.717, 1.165) is 32.8 Å². The summed E-state index contributed by atoms with van der Waals surface area (Å²) in [6.45, 7) is 1.42. The van der Waals surface area contributed by atoms with Gasteiger partial charge in [-0.3, -0.25) is 10.1 Å². The van der Waals surface area contributed by atoms with Gasteiger partial charge in [-0.25, -0.2) is 9.59 Å². The number of amides is 2. The van der Waals surface area contributed by atoms with Gasteiger partial charge in [0.05, 0.1) is 7.11 Å². The van der Waals surface area contributed by atoms with Crippen LogP contribution in [-0.4, -0.2) is 31.2 Å². The molecule has 0 aliphatic heterocycles. The Labute approximate surface area is 139 Å². The van der Waals surface area contributed by atoms with Gasteiger partial charge in [-0.15, -0.1) is 11.3 Å². The summed E-state index contributed by atoms with van der Waals surface area (Å²) in [7, 11) is 1.15. The molecule has 1 aromatic rings. The molecule has 0 bridgehead atoms. The second kappa shape index (κ2) is 8.10. The van der Waals surface area contributed by atoms with Crippen LogP contribution in [0.5, 0.6) is 0 Å². The number of imide groups is 1. The first-order chi connectivity index (χ1) is 11.0. The van der Waals surface area contributed by atoms with Crippen LogP contribution in [0, 0.1) is 0 Å². The number of rotatable bonds is 3. The first kappa shape index (κ1) is 17.5. The number of nitrogens with one attached hydrogen (secondary N) is 1. The molecule has 0 spiro atoms. The zero-order valence-electron chi connectivity index (χ0n) is 13.3. The number of methoxy groups -OCH3 is 1. The Balaban J connectivity index is 1.99. The molecule has 2 rings (SSSR count). The van der Waals surface area contributed by atoms with Gasteiger partial charge in [0.15, 0.2) is 6.10 Å². The molecule has 0 saturated carbocycles. The first-order valence-electron chi connectivity index (χ1n) is 7.72. The zero-order valence-corrected chi connectivity index (χ0v) is 14.2. The van der Waals surface area contributed by atoms with Crippen molar-refractivity contribution in [3.8, 4) is 0 Å². The quantitative estimate of drug-likeness (QED) is 0.856. The van der Waals surface area contributed by atoms with E-state index < -0.39 is 24.1 Å². The molecule has 126 valence electrons. The summed E-state index contributed by atoms with van der Waals surface area (Å²) in [4.78, 5) is 36.6. The highest BCUT2D eigenvalue weighted by molar-refractivity contribution is 7.14. The average molecular weight is 339 g/mol. The number of alkyl carbamates (subject to hydrolysis) is 1. The van der Waals surface area contributed by atoms with Gasteiger partial charge in [-0.05, 0) is 44.2 Å². The van der Waals surface area contributed by atoms with Crippen LogP contribution < -0.4 is 5.32 Å². The Morgan fingerprint density at radius 2 is 1.87 bits per heavy atom. The van der Waals surface area contributed by atoms with Gasteiger partial charge >= 0.3 is 12.1 Å². The molecule has 23 heavy (non-hydrogen) atoms. The van der Waals surface area contributed by atoms with E-state index in [2.05, 4.69) is 4.74 Å². The molecular formula is C16H21NO5S. The topological polar surface area (TPSA) is 81.7 Å². The number of thiophene rings is 1. The van der Waals surface area contributed by atoms with E-state index in [1.54, 1.807) is 0 Å². The largest absolute Gasteiger partial charge is 0.453 e. The molecule has 2 amide bonds.